The summed E-state index contributed by atoms with van der Waals surface area (Å²) in [5, 5.41) is 22.8. The third-order valence-electron chi connectivity index (χ3n) is 7.77. The average Bonchev–Trinajstić information content (AvgIpc) is 3.89. The summed E-state index contributed by atoms with van der Waals surface area (Å²) in [6, 6.07) is 16.4. The molecule has 1 aliphatic rings. The fourth-order valence-electron chi connectivity index (χ4n) is 5.51. The Morgan fingerprint density at radius 2 is 1.83 bits per heavy atom. The molecule has 3 heterocycles. The van der Waals surface area contributed by atoms with Gasteiger partial charge in [0.05, 0.1) is 33.0 Å². The molecule has 1 saturated heterocycles. The van der Waals surface area contributed by atoms with Crippen molar-refractivity contribution >= 4 is 28.5 Å². The predicted octanol–water partition coefficient (Wildman–Crippen LogP) is 2.50. The number of amides is 2. The lowest BCUT2D eigenvalue weighted by atomic mass is 10.0. The lowest BCUT2D eigenvalue weighted by molar-refractivity contribution is -0.127. The van der Waals surface area contributed by atoms with Crippen LogP contribution in [-0.4, -0.2) is 87.6 Å². The molecule has 1 aliphatic heterocycles. The number of aromatic nitrogens is 7. The van der Waals surface area contributed by atoms with Gasteiger partial charge >= 0.3 is 0 Å². The number of benzene rings is 3. The largest absolute Gasteiger partial charge is 0.494 e. The lowest BCUT2D eigenvalue weighted by Gasteiger charge is -2.32. The summed E-state index contributed by atoms with van der Waals surface area (Å²) in [7, 11) is 4.54. The summed E-state index contributed by atoms with van der Waals surface area (Å²) in [6.45, 7) is 0.726. The van der Waals surface area contributed by atoms with Crippen molar-refractivity contribution in [2.75, 3.05) is 39.4 Å². The van der Waals surface area contributed by atoms with Crippen LogP contribution >= 0.6 is 0 Å². The monoisotopic (exact) mass is 627 g/mol. The average molecular weight is 628 g/mol. The van der Waals surface area contributed by atoms with E-state index in [1.54, 1.807) is 36.4 Å². The summed E-state index contributed by atoms with van der Waals surface area (Å²) in [5.41, 5.74) is 2.72. The van der Waals surface area contributed by atoms with Crippen molar-refractivity contribution in [2.45, 2.75) is 31.5 Å². The predicted molar refractivity (Wildman–Crippen MR) is 165 cm³/mol. The van der Waals surface area contributed by atoms with E-state index in [1.165, 1.54) is 41.9 Å². The Labute approximate surface area is 264 Å². The second-order valence-corrected chi connectivity index (χ2v) is 10.5. The van der Waals surface area contributed by atoms with Gasteiger partial charge < -0.3 is 24.3 Å². The van der Waals surface area contributed by atoms with Gasteiger partial charge in [-0.25, -0.2) is 4.68 Å². The van der Waals surface area contributed by atoms with Crippen LogP contribution in [0.3, 0.4) is 0 Å². The summed E-state index contributed by atoms with van der Waals surface area (Å²) in [6.07, 6.45) is 3.07. The van der Waals surface area contributed by atoms with E-state index in [0.717, 1.165) is 12.8 Å². The minimum Gasteiger partial charge on any atom is -0.494 e. The van der Waals surface area contributed by atoms with Crippen molar-refractivity contribution in [3.05, 3.63) is 72.6 Å². The van der Waals surface area contributed by atoms with Gasteiger partial charge in [-0.1, -0.05) is 23.4 Å². The van der Waals surface area contributed by atoms with Crippen LogP contribution in [-0.2, 0) is 20.9 Å². The van der Waals surface area contributed by atoms with Crippen LogP contribution in [0.2, 0.25) is 0 Å². The second-order valence-electron chi connectivity index (χ2n) is 10.5. The number of nitrogens with zero attached hydrogens (tertiary/aromatic N) is 8. The summed E-state index contributed by atoms with van der Waals surface area (Å²) in [5.74, 6) is 0.407. The van der Waals surface area contributed by atoms with Gasteiger partial charge in [0.2, 0.25) is 11.8 Å². The number of ether oxygens (including phenoxy) is 4. The van der Waals surface area contributed by atoms with Gasteiger partial charge in [0.1, 0.15) is 35.9 Å². The lowest BCUT2D eigenvalue weighted by Crippen LogP contribution is -2.46. The van der Waals surface area contributed by atoms with E-state index in [1.807, 2.05) is 24.3 Å². The molecule has 238 valence electrons. The molecule has 2 aromatic heterocycles. The van der Waals surface area contributed by atoms with Gasteiger partial charge in [-0.15, -0.1) is 10.2 Å². The zero-order valence-electron chi connectivity index (χ0n) is 25.6. The fraction of sp³-hybridized carbons (Fsp3) is 0.323. The first kappa shape index (κ1) is 30.5. The van der Waals surface area contributed by atoms with Gasteiger partial charge in [-0.3, -0.25) is 14.5 Å². The zero-order valence-corrected chi connectivity index (χ0v) is 25.6. The van der Waals surface area contributed by atoms with Crippen molar-refractivity contribution in [2.24, 2.45) is 0 Å². The summed E-state index contributed by atoms with van der Waals surface area (Å²) >= 11 is 0. The number of methoxy groups -OCH3 is 3. The molecule has 0 unspecified atom stereocenters. The normalized spacial score (nSPS) is 15.0. The van der Waals surface area contributed by atoms with Gasteiger partial charge in [0, 0.05) is 24.9 Å². The van der Waals surface area contributed by atoms with E-state index >= 15 is 0 Å². The quantitative estimate of drug-likeness (QED) is 0.216. The van der Waals surface area contributed by atoms with Gasteiger partial charge in [0.25, 0.3) is 0 Å². The molecule has 2 atom stereocenters. The first-order valence-corrected chi connectivity index (χ1v) is 14.6. The number of tetrazole rings is 1. The molecule has 0 saturated carbocycles. The highest BCUT2D eigenvalue weighted by atomic mass is 16.5. The Hall–Kier alpha value is -5.57. The molecular formula is C31H33N9O6. The fourth-order valence-corrected chi connectivity index (χ4v) is 5.51. The summed E-state index contributed by atoms with van der Waals surface area (Å²) in [4.78, 5) is 30.2. The standard InChI is InChI=1S/C31H33N9O6/c1-43-26-13-10-20(15-28(26)45-3)30(31(42)32-17-22-7-6-14-46-22)40(29(41)18-38-24-9-5-4-8-23(24)34-36-38)21-11-12-25(27(16-21)44-2)39-19-33-35-37-39/h4-5,8-13,15-16,19,22,30H,6-7,14,17-18H2,1-3H3,(H,32,42)/t22-,30+/m1/s1. The molecule has 46 heavy (non-hydrogen) atoms. The number of anilines is 1. The molecule has 1 N–H and O–H groups in total. The number of carbonyl (C=O) groups is 2. The maximum absolute atomic E-state index is 14.5. The maximum atomic E-state index is 14.5. The molecule has 2 amide bonds. The van der Waals surface area contributed by atoms with Crippen LogP contribution in [0.4, 0.5) is 5.69 Å². The van der Waals surface area contributed by atoms with E-state index in [4.69, 9.17) is 18.9 Å². The minimum atomic E-state index is -1.15. The van der Waals surface area contributed by atoms with E-state index in [0.29, 0.717) is 58.4 Å². The molecule has 0 radical (unpaired) electrons. The van der Waals surface area contributed by atoms with Crippen molar-refractivity contribution < 1.29 is 28.5 Å². The molecule has 0 aliphatic carbocycles. The van der Waals surface area contributed by atoms with Gasteiger partial charge in [-0.05, 0) is 65.2 Å². The van der Waals surface area contributed by atoms with Gasteiger partial charge in [-0.2, -0.15) is 4.68 Å². The summed E-state index contributed by atoms with van der Waals surface area (Å²) < 4.78 is 25.4. The van der Waals surface area contributed by atoms with E-state index in [9.17, 15) is 9.59 Å². The van der Waals surface area contributed by atoms with Crippen LogP contribution in [0.15, 0.2) is 67.0 Å². The van der Waals surface area contributed by atoms with E-state index in [2.05, 4.69) is 31.2 Å². The molecular weight excluding hydrogens is 594 g/mol. The Bertz CT molecular complexity index is 1820. The number of carbonyl (C=O) groups excluding carboxylic acids is 2. The first-order chi connectivity index (χ1) is 22.5. The Morgan fingerprint density at radius 3 is 2.57 bits per heavy atom. The first-order valence-electron chi connectivity index (χ1n) is 14.6. The van der Waals surface area contributed by atoms with Crippen molar-refractivity contribution in [3.63, 3.8) is 0 Å². The highest BCUT2D eigenvalue weighted by Gasteiger charge is 2.35. The molecule has 15 heteroatoms. The Kier molecular flexibility index (Phi) is 9.01. The number of para-hydroxylation sites is 1. The third kappa shape index (κ3) is 6.17. The minimum absolute atomic E-state index is 0.115. The maximum Gasteiger partial charge on any atom is 0.249 e. The molecule has 6 rings (SSSR count). The Balaban J connectivity index is 1.47. The smallest absolute Gasteiger partial charge is 0.249 e. The van der Waals surface area contributed by atoms with E-state index in [-0.39, 0.29) is 12.6 Å². The van der Waals surface area contributed by atoms with Crippen molar-refractivity contribution in [1.29, 1.82) is 0 Å². The topological polar surface area (TPSA) is 161 Å². The molecule has 5 aromatic rings. The van der Waals surface area contributed by atoms with E-state index < -0.39 is 17.9 Å². The van der Waals surface area contributed by atoms with Crippen LogP contribution in [0, 0.1) is 0 Å². The third-order valence-corrected chi connectivity index (χ3v) is 7.77. The molecule has 3 aromatic carbocycles. The number of rotatable bonds is 12. The highest BCUT2D eigenvalue weighted by Crippen LogP contribution is 2.37. The highest BCUT2D eigenvalue weighted by molar-refractivity contribution is 6.02. The molecule has 0 spiro atoms. The number of fused-ring (bicyclic) bond motifs is 1. The number of hydrogen-bond acceptors (Lipinski definition) is 11. The van der Waals surface area contributed by atoms with Crippen molar-refractivity contribution in [1.82, 2.24) is 40.5 Å². The molecule has 1 fully saturated rings. The van der Waals surface area contributed by atoms with Crippen molar-refractivity contribution in [3.8, 4) is 22.9 Å². The second kappa shape index (κ2) is 13.6. The van der Waals surface area contributed by atoms with Crippen LogP contribution in [0.25, 0.3) is 16.7 Å². The number of nitrogens with one attached hydrogen (secondary N) is 1. The van der Waals surface area contributed by atoms with Gasteiger partial charge in [0.15, 0.2) is 11.5 Å². The molecule has 0 bridgehead atoms. The number of hydrogen-bond donors (Lipinski definition) is 1. The Morgan fingerprint density at radius 1 is 1.00 bits per heavy atom. The van der Waals surface area contributed by atoms with Crippen LogP contribution in [0.1, 0.15) is 24.4 Å². The zero-order chi connectivity index (χ0) is 32.0. The molecule has 15 nitrogen and oxygen atoms in total. The van der Waals surface area contributed by atoms with Crippen LogP contribution in [0.5, 0.6) is 17.2 Å². The SMILES string of the molecule is COc1ccc([C@@H](C(=O)NC[C@H]2CCCO2)N(C(=O)Cn2nnc3ccccc32)c2ccc(-n3cnnn3)c(OC)c2)cc1OC. The van der Waals surface area contributed by atoms with Crippen LogP contribution < -0.4 is 24.4 Å².